The Hall–Kier alpha value is -1.01. The number of H-pyrrole nitrogens is 1. The molecule has 0 aliphatic heterocycles. The summed E-state index contributed by atoms with van der Waals surface area (Å²) in [6, 6.07) is 3.91. The Kier molecular flexibility index (Phi) is 3.44. The Balaban J connectivity index is 2.52. The zero-order valence-electron chi connectivity index (χ0n) is 10.1. The predicted octanol–water partition coefficient (Wildman–Crippen LogP) is 2.17. The number of hydrogen-bond acceptors (Lipinski definition) is 3. The van der Waals surface area contributed by atoms with Gasteiger partial charge in [0, 0.05) is 34.5 Å². The second-order valence-electron chi connectivity index (χ2n) is 4.17. The number of aryl methyl sites for hydroxylation is 1. The molecule has 2 rings (SSSR count). The van der Waals surface area contributed by atoms with Crippen molar-refractivity contribution in [3.05, 3.63) is 22.6 Å². The van der Waals surface area contributed by atoms with E-state index in [0.29, 0.717) is 11.3 Å². The Labute approximate surface area is 108 Å². The lowest BCUT2D eigenvalue weighted by atomic mass is 10.3. The monoisotopic (exact) mass is 269 g/mol. The van der Waals surface area contributed by atoms with Crippen LogP contribution in [0.3, 0.4) is 0 Å². The molecule has 0 fully saturated rings. The second kappa shape index (κ2) is 4.70. The Morgan fingerprint density at radius 3 is 2.94 bits per heavy atom. The molecule has 0 spiro atoms. The number of nitrogens with zero attached hydrogens (tertiary/aromatic N) is 2. The number of nitrogens with one attached hydrogen (secondary N) is 1. The lowest BCUT2D eigenvalue weighted by Gasteiger charge is -2.09. The minimum Gasteiger partial charge on any atom is -0.329 e. The lowest BCUT2D eigenvalue weighted by molar-refractivity contribution is 0.645. The molecule has 2 unspecified atom stereocenters. The van der Waals surface area contributed by atoms with Crippen LogP contribution in [0.2, 0.25) is 0 Å². The summed E-state index contributed by atoms with van der Waals surface area (Å²) >= 11 is 5.27. The van der Waals surface area contributed by atoms with Gasteiger partial charge >= 0.3 is 0 Å². The standard InChI is InChI=1S/C11H15N3OS2/c1-7-4-5-9-10(12-7)14(11(16)13-9)6-8(2)17(3)15/h4-5,8H,6H2,1-3H3,(H,13,16). The second-order valence-corrected chi connectivity index (χ2v) is 6.36. The molecule has 4 nitrogen and oxygen atoms in total. The van der Waals surface area contributed by atoms with Crippen LogP contribution < -0.4 is 0 Å². The van der Waals surface area contributed by atoms with Crippen LogP contribution in [0.15, 0.2) is 12.1 Å². The third kappa shape index (κ3) is 2.47. The van der Waals surface area contributed by atoms with Crippen molar-refractivity contribution >= 4 is 34.2 Å². The predicted molar refractivity (Wildman–Crippen MR) is 73.2 cm³/mol. The minimum atomic E-state index is -0.860. The van der Waals surface area contributed by atoms with Gasteiger partial charge < -0.3 is 9.55 Å². The van der Waals surface area contributed by atoms with Crippen LogP contribution >= 0.6 is 12.2 Å². The molecule has 6 heteroatoms. The fraction of sp³-hybridized carbons (Fsp3) is 0.455. The van der Waals surface area contributed by atoms with E-state index >= 15 is 0 Å². The first-order valence-electron chi connectivity index (χ1n) is 5.37. The van der Waals surface area contributed by atoms with Gasteiger partial charge in [0.2, 0.25) is 0 Å². The van der Waals surface area contributed by atoms with E-state index in [9.17, 15) is 4.21 Å². The quantitative estimate of drug-likeness (QED) is 0.869. The lowest BCUT2D eigenvalue weighted by Crippen LogP contribution is -2.17. The third-order valence-corrected chi connectivity index (χ3v) is 4.37. The SMILES string of the molecule is Cc1ccc2[nH]c(=S)n(CC(C)S(C)=O)c2n1. The van der Waals surface area contributed by atoms with Crippen molar-refractivity contribution in [2.75, 3.05) is 6.26 Å². The molecule has 2 heterocycles. The van der Waals surface area contributed by atoms with E-state index in [0.717, 1.165) is 16.9 Å². The largest absolute Gasteiger partial charge is 0.329 e. The van der Waals surface area contributed by atoms with Crippen molar-refractivity contribution in [1.82, 2.24) is 14.5 Å². The average Bonchev–Trinajstić information content (AvgIpc) is 2.55. The molecule has 17 heavy (non-hydrogen) atoms. The van der Waals surface area contributed by atoms with Crippen molar-refractivity contribution in [3.8, 4) is 0 Å². The van der Waals surface area contributed by atoms with E-state index in [2.05, 4.69) is 9.97 Å². The molecule has 92 valence electrons. The maximum absolute atomic E-state index is 11.4. The molecule has 2 atom stereocenters. The summed E-state index contributed by atoms with van der Waals surface area (Å²) in [6.45, 7) is 4.52. The first-order chi connectivity index (χ1) is 7.99. The minimum absolute atomic E-state index is 0.0583. The van der Waals surface area contributed by atoms with Crippen LogP contribution in [-0.4, -0.2) is 30.2 Å². The molecule has 0 radical (unpaired) electrons. The van der Waals surface area contributed by atoms with Crippen molar-refractivity contribution in [2.24, 2.45) is 0 Å². The van der Waals surface area contributed by atoms with Gasteiger partial charge in [-0.15, -0.1) is 0 Å². The topological polar surface area (TPSA) is 50.7 Å². The fourth-order valence-electron chi connectivity index (χ4n) is 1.66. The van der Waals surface area contributed by atoms with Gasteiger partial charge in [0.1, 0.15) is 0 Å². The van der Waals surface area contributed by atoms with Gasteiger partial charge in [0.05, 0.1) is 5.52 Å². The molecule has 0 saturated heterocycles. The average molecular weight is 269 g/mol. The maximum Gasteiger partial charge on any atom is 0.179 e. The number of pyridine rings is 1. The smallest absolute Gasteiger partial charge is 0.179 e. The summed E-state index contributed by atoms with van der Waals surface area (Å²) in [5.74, 6) is 0. The summed E-state index contributed by atoms with van der Waals surface area (Å²) in [4.78, 5) is 7.59. The normalized spacial score (nSPS) is 15.0. The molecule has 0 aliphatic carbocycles. The van der Waals surface area contributed by atoms with Crippen molar-refractivity contribution in [2.45, 2.75) is 25.6 Å². The van der Waals surface area contributed by atoms with Gasteiger partial charge in [0.25, 0.3) is 0 Å². The van der Waals surface area contributed by atoms with E-state index in [4.69, 9.17) is 12.2 Å². The van der Waals surface area contributed by atoms with E-state index in [1.807, 2.05) is 30.5 Å². The molecule has 0 aliphatic rings. The number of aromatic amines is 1. The first kappa shape index (κ1) is 12.4. The van der Waals surface area contributed by atoms with Crippen LogP contribution in [0.5, 0.6) is 0 Å². The third-order valence-electron chi connectivity index (χ3n) is 2.76. The summed E-state index contributed by atoms with van der Waals surface area (Å²) in [5, 5.41) is 0.0583. The molecule has 0 saturated carbocycles. The van der Waals surface area contributed by atoms with Crippen LogP contribution in [0.1, 0.15) is 12.6 Å². The van der Waals surface area contributed by atoms with Gasteiger partial charge in [0.15, 0.2) is 10.4 Å². The number of imidazole rings is 1. The maximum atomic E-state index is 11.4. The summed E-state index contributed by atoms with van der Waals surface area (Å²) in [5.41, 5.74) is 2.72. The highest BCUT2D eigenvalue weighted by Crippen LogP contribution is 2.13. The summed E-state index contributed by atoms with van der Waals surface area (Å²) < 4.78 is 14.0. The summed E-state index contributed by atoms with van der Waals surface area (Å²) in [6.07, 6.45) is 1.71. The van der Waals surface area contributed by atoms with Crippen molar-refractivity contribution in [3.63, 3.8) is 0 Å². The van der Waals surface area contributed by atoms with Gasteiger partial charge in [-0.1, -0.05) is 0 Å². The van der Waals surface area contributed by atoms with Crippen LogP contribution in [-0.2, 0) is 17.3 Å². The molecule has 0 aromatic carbocycles. The van der Waals surface area contributed by atoms with Gasteiger partial charge in [-0.2, -0.15) is 0 Å². The Morgan fingerprint density at radius 1 is 1.59 bits per heavy atom. The summed E-state index contributed by atoms with van der Waals surface area (Å²) in [7, 11) is -0.860. The molecule has 1 N–H and O–H groups in total. The van der Waals surface area contributed by atoms with E-state index in [1.54, 1.807) is 6.26 Å². The molecule has 2 aromatic rings. The highest BCUT2D eigenvalue weighted by Gasteiger charge is 2.12. The van der Waals surface area contributed by atoms with E-state index in [1.165, 1.54) is 0 Å². The number of hydrogen-bond donors (Lipinski definition) is 1. The molecule has 0 amide bonds. The highest BCUT2D eigenvalue weighted by atomic mass is 32.2. The molecular weight excluding hydrogens is 254 g/mol. The van der Waals surface area contributed by atoms with Crippen molar-refractivity contribution < 1.29 is 4.21 Å². The zero-order valence-corrected chi connectivity index (χ0v) is 11.7. The number of aromatic nitrogens is 3. The molecule has 2 aromatic heterocycles. The van der Waals surface area contributed by atoms with Gasteiger partial charge in [-0.05, 0) is 38.2 Å². The Bertz CT molecular complexity index is 629. The van der Waals surface area contributed by atoms with Gasteiger partial charge in [-0.25, -0.2) is 4.98 Å². The van der Waals surface area contributed by atoms with Crippen LogP contribution in [0.4, 0.5) is 0 Å². The van der Waals surface area contributed by atoms with Crippen LogP contribution in [0.25, 0.3) is 11.2 Å². The zero-order chi connectivity index (χ0) is 12.6. The Morgan fingerprint density at radius 2 is 2.29 bits per heavy atom. The van der Waals surface area contributed by atoms with E-state index in [-0.39, 0.29) is 5.25 Å². The molecular formula is C11H15N3OS2. The fourth-order valence-corrected chi connectivity index (χ4v) is 2.29. The van der Waals surface area contributed by atoms with Gasteiger partial charge in [-0.3, -0.25) is 4.21 Å². The van der Waals surface area contributed by atoms with Crippen LogP contribution in [0, 0.1) is 11.7 Å². The molecule has 0 bridgehead atoms. The highest BCUT2D eigenvalue weighted by molar-refractivity contribution is 7.84. The first-order valence-corrected chi connectivity index (χ1v) is 7.40. The van der Waals surface area contributed by atoms with Crippen molar-refractivity contribution in [1.29, 1.82) is 0 Å². The van der Waals surface area contributed by atoms with E-state index < -0.39 is 10.8 Å². The number of fused-ring (bicyclic) bond motifs is 1. The number of rotatable bonds is 3.